The quantitative estimate of drug-likeness (QED) is 0.896. The predicted octanol–water partition coefficient (Wildman–Crippen LogP) is 2.38. The molecule has 1 aliphatic rings. The highest BCUT2D eigenvalue weighted by Gasteiger charge is 2.14. The maximum absolute atomic E-state index is 5.34. The van der Waals surface area contributed by atoms with E-state index in [1.54, 1.807) is 18.6 Å². The molecule has 0 spiro atoms. The van der Waals surface area contributed by atoms with Gasteiger partial charge in [-0.25, -0.2) is 0 Å². The minimum absolute atomic E-state index is 0.0825. The van der Waals surface area contributed by atoms with E-state index < -0.39 is 0 Å². The Hall–Kier alpha value is -2.30. The third-order valence-electron chi connectivity index (χ3n) is 2.78. The van der Waals surface area contributed by atoms with Crippen molar-refractivity contribution in [3.8, 4) is 11.5 Å². The third-order valence-corrected chi connectivity index (χ3v) is 2.78. The van der Waals surface area contributed by atoms with Crippen molar-refractivity contribution in [1.82, 2.24) is 9.97 Å². The molecule has 3 rings (SSSR count). The van der Waals surface area contributed by atoms with Crippen molar-refractivity contribution in [2.24, 2.45) is 0 Å². The molecule has 0 saturated heterocycles. The van der Waals surface area contributed by atoms with Gasteiger partial charge >= 0.3 is 0 Å². The number of hydrogen-bond acceptors (Lipinski definition) is 5. The first-order valence-electron chi connectivity index (χ1n) is 5.75. The van der Waals surface area contributed by atoms with Crippen LogP contribution in [0.3, 0.4) is 0 Å². The van der Waals surface area contributed by atoms with Gasteiger partial charge in [-0.05, 0) is 19.1 Å². The summed E-state index contributed by atoms with van der Waals surface area (Å²) >= 11 is 0. The maximum atomic E-state index is 5.34. The zero-order valence-corrected chi connectivity index (χ0v) is 9.96. The molecule has 18 heavy (non-hydrogen) atoms. The summed E-state index contributed by atoms with van der Waals surface area (Å²) in [6.45, 7) is 2.33. The Kier molecular flexibility index (Phi) is 2.72. The lowest BCUT2D eigenvalue weighted by Crippen LogP contribution is -2.08. The molecule has 0 saturated carbocycles. The average molecular weight is 243 g/mol. The van der Waals surface area contributed by atoms with Crippen LogP contribution >= 0.6 is 0 Å². The number of nitrogens with one attached hydrogen (secondary N) is 1. The van der Waals surface area contributed by atoms with Gasteiger partial charge in [0.1, 0.15) is 0 Å². The first kappa shape index (κ1) is 10.8. The molecule has 5 nitrogen and oxygen atoms in total. The summed E-state index contributed by atoms with van der Waals surface area (Å²) in [5.74, 6) is 1.55. The first-order valence-corrected chi connectivity index (χ1v) is 5.75. The molecule has 2 aromatic rings. The zero-order chi connectivity index (χ0) is 12.4. The molecule has 1 aliphatic heterocycles. The van der Waals surface area contributed by atoms with Crippen molar-refractivity contribution < 1.29 is 9.47 Å². The van der Waals surface area contributed by atoms with Gasteiger partial charge in [0.05, 0.1) is 17.9 Å². The molecule has 0 aliphatic carbocycles. The van der Waals surface area contributed by atoms with Gasteiger partial charge < -0.3 is 14.8 Å². The molecule has 2 heterocycles. The Morgan fingerprint density at radius 1 is 1.22 bits per heavy atom. The van der Waals surface area contributed by atoms with Gasteiger partial charge in [0.15, 0.2) is 11.5 Å². The van der Waals surface area contributed by atoms with Crippen LogP contribution in [0.25, 0.3) is 0 Å². The summed E-state index contributed by atoms with van der Waals surface area (Å²) in [5.41, 5.74) is 1.87. The minimum atomic E-state index is 0.0825. The van der Waals surface area contributed by atoms with E-state index >= 15 is 0 Å². The molecule has 0 fully saturated rings. The van der Waals surface area contributed by atoms with Crippen LogP contribution in [0.5, 0.6) is 11.5 Å². The van der Waals surface area contributed by atoms with Gasteiger partial charge in [-0.15, -0.1) is 0 Å². The van der Waals surface area contributed by atoms with Crippen LogP contribution in [0.15, 0.2) is 36.8 Å². The average Bonchev–Trinajstić information content (AvgIpc) is 2.87. The molecule has 1 N–H and O–H groups in total. The highest BCUT2D eigenvalue weighted by atomic mass is 16.7. The zero-order valence-electron chi connectivity index (χ0n) is 9.96. The number of fused-ring (bicyclic) bond motifs is 1. The van der Waals surface area contributed by atoms with E-state index in [1.807, 2.05) is 25.1 Å². The minimum Gasteiger partial charge on any atom is -0.454 e. The summed E-state index contributed by atoms with van der Waals surface area (Å²) in [5, 5.41) is 3.35. The van der Waals surface area contributed by atoms with E-state index in [4.69, 9.17) is 9.47 Å². The van der Waals surface area contributed by atoms with E-state index in [0.29, 0.717) is 6.79 Å². The fraction of sp³-hybridized carbons (Fsp3) is 0.231. The van der Waals surface area contributed by atoms with Gasteiger partial charge in [-0.3, -0.25) is 9.97 Å². The fourth-order valence-electron chi connectivity index (χ4n) is 1.84. The monoisotopic (exact) mass is 243 g/mol. The van der Waals surface area contributed by atoms with Crippen LogP contribution in [0.2, 0.25) is 0 Å². The van der Waals surface area contributed by atoms with Crippen LogP contribution in [0, 0.1) is 0 Å². The van der Waals surface area contributed by atoms with Gasteiger partial charge in [-0.2, -0.15) is 0 Å². The SMILES string of the molecule is CC(Nc1ccc2c(c1)OCO2)c1cnccn1. The van der Waals surface area contributed by atoms with Crippen LogP contribution in [0.4, 0.5) is 5.69 Å². The fourth-order valence-corrected chi connectivity index (χ4v) is 1.84. The van der Waals surface area contributed by atoms with Crippen molar-refractivity contribution >= 4 is 5.69 Å². The molecular weight excluding hydrogens is 230 g/mol. The normalized spacial score (nSPS) is 14.3. The van der Waals surface area contributed by atoms with E-state index in [1.165, 1.54) is 0 Å². The lowest BCUT2D eigenvalue weighted by molar-refractivity contribution is 0.174. The Bertz CT molecular complexity index is 545. The molecule has 5 heteroatoms. The maximum Gasteiger partial charge on any atom is 0.231 e. The second kappa shape index (κ2) is 4.52. The molecule has 0 radical (unpaired) electrons. The number of nitrogens with zero attached hydrogens (tertiary/aromatic N) is 2. The first-order chi connectivity index (χ1) is 8.83. The molecule has 0 bridgehead atoms. The number of aromatic nitrogens is 2. The summed E-state index contributed by atoms with van der Waals surface area (Å²) in [7, 11) is 0. The number of anilines is 1. The van der Waals surface area contributed by atoms with Crippen molar-refractivity contribution in [3.63, 3.8) is 0 Å². The van der Waals surface area contributed by atoms with Crippen molar-refractivity contribution in [2.75, 3.05) is 12.1 Å². The standard InChI is InChI=1S/C13H13N3O2/c1-9(11-7-14-4-5-15-11)16-10-2-3-12-13(6-10)18-8-17-12/h2-7,9,16H,8H2,1H3. The summed E-state index contributed by atoms with van der Waals surface area (Å²) in [6.07, 6.45) is 5.11. The Morgan fingerprint density at radius 3 is 2.94 bits per heavy atom. The van der Waals surface area contributed by atoms with Crippen LogP contribution < -0.4 is 14.8 Å². The van der Waals surface area contributed by atoms with Crippen LogP contribution in [0.1, 0.15) is 18.7 Å². The molecule has 1 unspecified atom stereocenters. The lowest BCUT2D eigenvalue weighted by atomic mass is 10.2. The molecule has 92 valence electrons. The number of benzene rings is 1. The van der Waals surface area contributed by atoms with Crippen LogP contribution in [-0.4, -0.2) is 16.8 Å². The van der Waals surface area contributed by atoms with E-state index in [-0.39, 0.29) is 6.04 Å². The Morgan fingerprint density at radius 2 is 2.11 bits per heavy atom. The number of rotatable bonds is 3. The predicted molar refractivity (Wildman–Crippen MR) is 66.6 cm³/mol. The van der Waals surface area contributed by atoms with Gasteiger partial charge in [-0.1, -0.05) is 0 Å². The van der Waals surface area contributed by atoms with Crippen LogP contribution in [-0.2, 0) is 0 Å². The van der Waals surface area contributed by atoms with Crippen molar-refractivity contribution in [1.29, 1.82) is 0 Å². The third kappa shape index (κ3) is 2.07. The molecular formula is C13H13N3O2. The van der Waals surface area contributed by atoms with Crippen molar-refractivity contribution in [3.05, 3.63) is 42.5 Å². The highest BCUT2D eigenvalue weighted by molar-refractivity contribution is 5.56. The van der Waals surface area contributed by atoms with Gasteiger partial charge in [0, 0.05) is 24.1 Å². The Balaban J connectivity index is 1.77. The van der Waals surface area contributed by atoms with E-state index in [0.717, 1.165) is 22.9 Å². The summed E-state index contributed by atoms with van der Waals surface area (Å²) in [6, 6.07) is 5.86. The smallest absolute Gasteiger partial charge is 0.231 e. The van der Waals surface area contributed by atoms with E-state index in [9.17, 15) is 0 Å². The number of ether oxygens (including phenoxy) is 2. The molecule has 1 aromatic heterocycles. The second-order valence-corrected chi connectivity index (χ2v) is 4.06. The van der Waals surface area contributed by atoms with Gasteiger partial charge in [0.25, 0.3) is 0 Å². The molecule has 1 atom stereocenters. The second-order valence-electron chi connectivity index (χ2n) is 4.06. The molecule has 0 amide bonds. The summed E-state index contributed by atoms with van der Waals surface area (Å²) < 4.78 is 10.6. The largest absolute Gasteiger partial charge is 0.454 e. The van der Waals surface area contributed by atoms with Gasteiger partial charge in [0.2, 0.25) is 6.79 Å². The van der Waals surface area contributed by atoms with Crippen molar-refractivity contribution in [2.45, 2.75) is 13.0 Å². The molecule has 1 aromatic carbocycles. The van der Waals surface area contributed by atoms with E-state index in [2.05, 4.69) is 15.3 Å². The summed E-state index contributed by atoms with van der Waals surface area (Å²) in [4.78, 5) is 8.32. The highest BCUT2D eigenvalue weighted by Crippen LogP contribution is 2.34. The Labute approximate surface area is 105 Å². The lowest BCUT2D eigenvalue weighted by Gasteiger charge is -2.14. The number of hydrogen-bond donors (Lipinski definition) is 1. The topological polar surface area (TPSA) is 56.3 Å².